The van der Waals surface area contributed by atoms with Crippen molar-refractivity contribution in [3.63, 3.8) is 0 Å². The van der Waals surface area contributed by atoms with Crippen LogP contribution in [0.25, 0.3) is 0 Å². The molecule has 14 heavy (non-hydrogen) atoms. The van der Waals surface area contributed by atoms with Gasteiger partial charge in [0.25, 0.3) is 0 Å². The molecular formula is C11H26N2O. The van der Waals surface area contributed by atoms with E-state index in [0.717, 1.165) is 12.5 Å². The number of aliphatic hydroxyl groups excluding tert-OH is 1. The topological polar surface area (TPSA) is 58.3 Å². The lowest BCUT2D eigenvalue weighted by Gasteiger charge is -2.27. The first-order valence-electron chi connectivity index (χ1n) is 5.44. The second-order valence-electron chi connectivity index (χ2n) is 5.34. The zero-order valence-electron chi connectivity index (χ0n) is 10.0. The van der Waals surface area contributed by atoms with Crippen molar-refractivity contribution in [3.05, 3.63) is 0 Å². The Hall–Kier alpha value is -0.120. The molecule has 1 atom stereocenters. The highest BCUT2D eigenvalue weighted by Gasteiger charge is 2.18. The first kappa shape index (κ1) is 13.9. The van der Waals surface area contributed by atoms with E-state index >= 15 is 0 Å². The van der Waals surface area contributed by atoms with E-state index in [4.69, 9.17) is 10.8 Å². The summed E-state index contributed by atoms with van der Waals surface area (Å²) in [4.78, 5) is 0. The molecule has 3 heteroatoms. The molecule has 1 unspecified atom stereocenters. The van der Waals surface area contributed by atoms with Gasteiger partial charge in [-0.1, -0.05) is 27.7 Å². The number of nitrogens with two attached hydrogens (primary N) is 1. The molecule has 0 aromatic carbocycles. The van der Waals surface area contributed by atoms with E-state index in [2.05, 4.69) is 33.0 Å². The van der Waals surface area contributed by atoms with Crippen LogP contribution in [0.5, 0.6) is 0 Å². The summed E-state index contributed by atoms with van der Waals surface area (Å²) in [5, 5.41) is 12.0. The maximum Gasteiger partial charge on any atom is 0.0594 e. The van der Waals surface area contributed by atoms with Gasteiger partial charge in [-0.05, 0) is 17.8 Å². The maximum atomic E-state index is 8.74. The fourth-order valence-corrected chi connectivity index (χ4v) is 1.84. The number of hydrogen-bond donors (Lipinski definition) is 3. The minimum atomic E-state index is -0.134. The fourth-order valence-electron chi connectivity index (χ4n) is 1.84. The van der Waals surface area contributed by atoms with Gasteiger partial charge in [-0.15, -0.1) is 0 Å². The molecule has 4 N–H and O–H groups in total. The van der Waals surface area contributed by atoms with Crippen LogP contribution in [0.4, 0.5) is 0 Å². The van der Waals surface area contributed by atoms with Gasteiger partial charge in [-0.3, -0.25) is 0 Å². The molecule has 0 fully saturated rings. The summed E-state index contributed by atoms with van der Waals surface area (Å²) in [6, 6.07) is -0.134. The van der Waals surface area contributed by atoms with Crippen LogP contribution < -0.4 is 11.1 Å². The predicted molar refractivity (Wildman–Crippen MR) is 61.2 cm³/mol. The lowest BCUT2D eigenvalue weighted by Crippen LogP contribution is -2.40. The molecule has 0 saturated heterocycles. The highest BCUT2D eigenvalue weighted by Crippen LogP contribution is 2.23. The molecule has 86 valence electrons. The number of aliphatic hydroxyl groups is 1. The Labute approximate surface area is 88.1 Å². The Morgan fingerprint density at radius 1 is 1.36 bits per heavy atom. The standard InChI is InChI=1S/C11H26N2O/c1-9(2)5-11(3,4)8-13-6-10(12)7-14/h9-10,13-14H,5-8,12H2,1-4H3. The van der Waals surface area contributed by atoms with Gasteiger partial charge in [0.05, 0.1) is 6.61 Å². The zero-order chi connectivity index (χ0) is 11.2. The fraction of sp³-hybridized carbons (Fsp3) is 1.00. The van der Waals surface area contributed by atoms with E-state index in [0.29, 0.717) is 12.0 Å². The van der Waals surface area contributed by atoms with Crippen LogP contribution in [-0.4, -0.2) is 30.8 Å². The Kier molecular flexibility index (Phi) is 6.33. The third-order valence-corrected chi connectivity index (χ3v) is 2.21. The van der Waals surface area contributed by atoms with Crippen LogP contribution >= 0.6 is 0 Å². The van der Waals surface area contributed by atoms with Crippen molar-refractivity contribution in [1.82, 2.24) is 5.32 Å². The molecule has 0 aromatic heterocycles. The molecule has 0 aromatic rings. The summed E-state index contributed by atoms with van der Waals surface area (Å²) in [7, 11) is 0. The first-order valence-corrected chi connectivity index (χ1v) is 5.44. The van der Waals surface area contributed by atoms with Crippen LogP contribution in [0.3, 0.4) is 0 Å². The lowest BCUT2D eigenvalue weighted by molar-refractivity contribution is 0.243. The van der Waals surface area contributed by atoms with Crippen LogP contribution in [0.2, 0.25) is 0 Å². The van der Waals surface area contributed by atoms with E-state index in [9.17, 15) is 0 Å². The SMILES string of the molecule is CC(C)CC(C)(C)CNCC(N)CO. The smallest absolute Gasteiger partial charge is 0.0594 e. The van der Waals surface area contributed by atoms with E-state index in [-0.39, 0.29) is 12.6 Å². The monoisotopic (exact) mass is 202 g/mol. The van der Waals surface area contributed by atoms with Crippen molar-refractivity contribution in [2.24, 2.45) is 17.1 Å². The third-order valence-electron chi connectivity index (χ3n) is 2.21. The van der Waals surface area contributed by atoms with Crippen molar-refractivity contribution in [2.45, 2.75) is 40.2 Å². The quantitative estimate of drug-likeness (QED) is 0.576. The molecule has 0 spiro atoms. The van der Waals surface area contributed by atoms with Gasteiger partial charge < -0.3 is 16.2 Å². The zero-order valence-corrected chi connectivity index (χ0v) is 10.0. The number of rotatable bonds is 7. The summed E-state index contributed by atoms with van der Waals surface area (Å²) in [6.07, 6.45) is 1.20. The maximum absolute atomic E-state index is 8.74. The Bertz CT molecular complexity index is 146. The predicted octanol–water partition coefficient (Wildman–Crippen LogP) is 0.968. The van der Waals surface area contributed by atoms with Crippen LogP contribution in [0, 0.1) is 11.3 Å². The van der Waals surface area contributed by atoms with Gasteiger partial charge in [-0.2, -0.15) is 0 Å². The van der Waals surface area contributed by atoms with E-state index in [1.54, 1.807) is 0 Å². The molecular weight excluding hydrogens is 176 g/mol. The Morgan fingerprint density at radius 3 is 2.36 bits per heavy atom. The molecule has 0 aliphatic rings. The largest absolute Gasteiger partial charge is 0.395 e. The first-order chi connectivity index (χ1) is 6.37. The molecule has 0 aliphatic heterocycles. The van der Waals surface area contributed by atoms with Crippen molar-refractivity contribution >= 4 is 0 Å². The van der Waals surface area contributed by atoms with Crippen molar-refractivity contribution in [3.8, 4) is 0 Å². The second kappa shape index (κ2) is 6.38. The molecule has 0 radical (unpaired) electrons. The van der Waals surface area contributed by atoms with Crippen LogP contribution in [0.1, 0.15) is 34.1 Å². The summed E-state index contributed by atoms with van der Waals surface area (Å²) in [5.74, 6) is 0.721. The molecule has 3 nitrogen and oxygen atoms in total. The van der Waals surface area contributed by atoms with E-state index < -0.39 is 0 Å². The van der Waals surface area contributed by atoms with Crippen molar-refractivity contribution < 1.29 is 5.11 Å². The minimum absolute atomic E-state index is 0.0532. The van der Waals surface area contributed by atoms with Gasteiger partial charge in [0.2, 0.25) is 0 Å². The van der Waals surface area contributed by atoms with Gasteiger partial charge in [-0.25, -0.2) is 0 Å². The average molecular weight is 202 g/mol. The number of nitrogens with one attached hydrogen (secondary N) is 1. The third kappa shape index (κ3) is 7.30. The summed E-state index contributed by atoms with van der Waals surface area (Å²) >= 11 is 0. The molecule has 0 rings (SSSR count). The summed E-state index contributed by atoms with van der Waals surface area (Å²) < 4.78 is 0. The molecule has 0 heterocycles. The van der Waals surface area contributed by atoms with Crippen LogP contribution in [0.15, 0.2) is 0 Å². The normalized spacial score (nSPS) is 14.8. The van der Waals surface area contributed by atoms with Gasteiger partial charge in [0, 0.05) is 19.1 Å². The summed E-state index contributed by atoms with van der Waals surface area (Å²) in [6.45, 7) is 10.7. The molecule has 0 bridgehead atoms. The van der Waals surface area contributed by atoms with Crippen LogP contribution in [-0.2, 0) is 0 Å². The van der Waals surface area contributed by atoms with Crippen molar-refractivity contribution in [1.29, 1.82) is 0 Å². The lowest BCUT2D eigenvalue weighted by atomic mass is 9.84. The Balaban J connectivity index is 3.65. The minimum Gasteiger partial charge on any atom is -0.395 e. The average Bonchev–Trinajstić information content (AvgIpc) is 2.01. The highest BCUT2D eigenvalue weighted by molar-refractivity contribution is 4.74. The van der Waals surface area contributed by atoms with Gasteiger partial charge >= 0.3 is 0 Å². The van der Waals surface area contributed by atoms with E-state index in [1.807, 2.05) is 0 Å². The van der Waals surface area contributed by atoms with Crippen molar-refractivity contribution in [2.75, 3.05) is 19.7 Å². The van der Waals surface area contributed by atoms with E-state index in [1.165, 1.54) is 6.42 Å². The van der Waals surface area contributed by atoms with Gasteiger partial charge in [0.1, 0.15) is 0 Å². The number of hydrogen-bond acceptors (Lipinski definition) is 3. The molecule has 0 saturated carbocycles. The summed E-state index contributed by atoms with van der Waals surface area (Å²) in [5.41, 5.74) is 5.90. The molecule has 0 amide bonds. The second-order valence-corrected chi connectivity index (χ2v) is 5.34. The molecule has 0 aliphatic carbocycles. The van der Waals surface area contributed by atoms with Gasteiger partial charge in [0.15, 0.2) is 0 Å². The highest BCUT2D eigenvalue weighted by atomic mass is 16.3. The Morgan fingerprint density at radius 2 is 1.93 bits per heavy atom.